The van der Waals surface area contributed by atoms with Gasteiger partial charge in [-0.3, -0.25) is 14.5 Å². The third kappa shape index (κ3) is 3.90. The number of carbonyl (C=O) groups is 2. The second-order valence-corrected chi connectivity index (χ2v) is 8.45. The zero-order valence-electron chi connectivity index (χ0n) is 17.1. The third-order valence-corrected chi connectivity index (χ3v) is 6.54. The molecule has 0 aromatic carbocycles. The molecule has 3 aliphatic heterocycles. The highest BCUT2D eigenvalue weighted by Gasteiger charge is 2.32. The Morgan fingerprint density at radius 2 is 2.00 bits per heavy atom. The standard InChI is InChI=1S/C21H31N5O2/c1-15-6-3-4-9-24(15)14-20(28)25-11-8-18-17(13-25)12-22-21(23-18)19-7-5-10-26(19)16(2)27/h12,15,19H,3-11,13-14H2,1-2H3/t15-,19-/m0/s1. The molecule has 2 amide bonds. The van der Waals surface area contributed by atoms with Gasteiger partial charge in [0.15, 0.2) is 5.82 Å². The first-order valence-electron chi connectivity index (χ1n) is 10.7. The fourth-order valence-electron chi connectivity index (χ4n) is 4.78. The van der Waals surface area contributed by atoms with E-state index in [1.165, 1.54) is 19.3 Å². The Morgan fingerprint density at radius 3 is 2.79 bits per heavy atom. The molecule has 0 aliphatic carbocycles. The van der Waals surface area contributed by atoms with Crippen molar-refractivity contribution in [3.63, 3.8) is 0 Å². The molecule has 152 valence electrons. The summed E-state index contributed by atoms with van der Waals surface area (Å²) in [6.45, 7) is 7.48. The summed E-state index contributed by atoms with van der Waals surface area (Å²) in [5, 5.41) is 0. The molecule has 7 nitrogen and oxygen atoms in total. The lowest BCUT2D eigenvalue weighted by atomic mass is 10.0. The summed E-state index contributed by atoms with van der Waals surface area (Å²) in [5.41, 5.74) is 2.08. The molecular weight excluding hydrogens is 354 g/mol. The number of aromatic nitrogens is 2. The van der Waals surface area contributed by atoms with Crippen molar-refractivity contribution in [3.05, 3.63) is 23.3 Å². The van der Waals surface area contributed by atoms with E-state index in [-0.39, 0.29) is 17.9 Å². The first-order chi connectivity index (χ1) is 13.5. The number of hydrogen-bond donors (Lipinski definition) is 0. The Bertz CT molecular complexity index is 752. The third-order valence-electron chi connectivity index (χ3n) is 6.54. The van der Waals surface area contributed by atoms with Crippen molar-refractivity contribution in [2.75, 3.05) is 26.2 Å². The largest absolute Gasteiger partial charge is 0.337 e. The molecule has 0 bridgehead atoms. The number of nitrogens with zero attached hydrogens (tertiary/aromatic N) is 5. The van der Waals surface area contributed by atoms with Crippen LogP contribution in [-0.4, -0.2) is 68.7 Å². The monoisotopic (exact) mass is 385 g/mol. The van der Waals surface area contributed by atoms with Crippen LogP contribution in [0.2, 0.25) is 0 Å². The Labute approximate surface area is 167 Å². The second kappa shape index (κ2) is 8.15. The summed E-state index contributed by atoms with van der Waals surface area (Å²) < 4.78 is 0. The maximum Gasteiger partial charge on any atom is 0.237 e. The van der Waals surface area contributed by atoms with Crippen molar-refractivity contribution in [2.45, 2.75) is 71.0 Å². The van der Waals surface area contributed by atoms with Gasteiger partial charge in [0.25, 0.3) is 0 Å². The van der Waals surface area contributed by atoms with Gasteiger partial charge in [-0.15, -0.1) is 0 Å². The summed E-state index contributed by atoms with van der Waals surface area (Å²) >= 11 is 0. The molecule has 0 spiro atoms. The SMILES string of the molecule is CC(=O)N1CCC[C@H]1c1ncc2c(n1)CCN(C(=O)CN1CCCC[C@@H]1C)C2. The lowest BCUT2D eigenvalue weighted by Gasteiger charge is -2.35. The van der Waals surface area contributed by atoms with Gasteiger partial charge in [-0.25, -0.2) is 9.97 Å². The van der Waals surface area contributed by atoms with Gasteiger partial charge in [0.1, 0.15) is 0 Å². The van der Waals surface area contributed by atoms with E-state index >= 15 is 0 Å². The number of hydrogen-bond acceptors (Lipinski definition) is 5. The topological polar surface area (TPSA) is 69.6 Å². The molecule has 2 fully saturated rings. The summed E-state index contributed by atoms with van der Waals surface area (Å²) in [5.74, 6) is 1.06. The maximum atomic E-state index is 12.8. The minimum atomic E-state index is 0.00282. The zero-order valence-corrected chi connectivity index (χ0v) is 17.1. The molecule has 0 N–H and O–H groups in total. The molecule has 4 rings (SSSR count). The van der Waals surface area contributed by atoms with Crippen LogP contribution in [-0.2, 0) is 22.6 Å². The number of piperidine rings is 1. The van der Waals surface area contributed by atoms with Crippen molar-refractivity contribution in [1.29, 1.82) is 0 Å². The van der Waals surface area contributed by atoms with Gasteiger partial charge in [-0.2, -0.15) is 0 Å². The van der Waals surface area contributed by atoms with Gasteiger partial charge in [-0.1, -0.05) is 6.42 Å². The molecule has 4 heterocycles. The first-order valence-corrected chi connectivity index (χ1v) is 10.7. The lowest BCUT2D eigenvalue weighted by Crippen LogP contribution is -2.47. The van der Waals surface area contributed by atoms with E-state index in [1.807, 2.05) is 16.0 Å². The van der Waals surface area contributed by atoms with Crippen LogP contribution < -0.4 is 0 Å². The molecular formula is C21H31N5O2. The van der Waals surface area contributed by atoms with Crippen LogP contribution in [0.1, 0.15) is 69.1 Å². The van der Waals surface area contributed by atoms with E-state index < -0.39 is 0 Å². The minimum Gasteiger partial charge on any atom is -0.337 e. The van der Waals surface area contributed by atoms with Gasteiger partial charge in [-0.05, 0) is 39.2 Å². The molecule has 7 heteroatoms. The predicted molar refractivity (Wildman–Crippen MR) is 105 cm³/mol. The van der Waals surface area contributed by atoms with Crippen LogP contribution in [0.25, 0.3) is 0 Å². The van der Waals surface area contributed by atoms with Crippen LogP contribution in [0.3, 0.4) is 0 Å². The second-order valence-electron chi connectivity index (χ2n) is 8.45. The zero-order chi connectivity index (χ0) is 19.7. The van der Waals surface area contributed by atoms with Gasteiger partial charge < -0.3 is 9.80 Å². The predicted octanol–water partition coefficient (Wildman–Crippen LogP) is 1.92. The number of rotatable bonds is 3. The Balaban J connectivity index is 1.42. The van der Waals surface area contributed by atoms with E-state index in [1.54, 1.807) is 6.92 Å². The summed E-state index contributed by atoms with van der Waals surface area (Å²) in [4.78, 5) is 40.2. The van der Waals surface area contributed by atoms with Crippen LogP contribution in [0.5, 0.6) is 0 Å². The smallest absolute Gasteiger partial charge is 0.237 e. The summed E-state index contributed by atoms with van der Waals surface area (Å²) in [6.07, 6.45) is 8.21. The van der Waals surface area contributed by atoms with Crippen molar-refractivity contribution in [3.8, 4) is 0 Å². The average Bonchev–Trinajstić information content (AvgIpc) is 3.19. The van der Waals surface area contributed by atoms with E-state index in [0.29, 0.717) is 25.7 Å². The summed E-state index contributed by atoms with van der Waals surface area (Å²) in [6, 6.07) is 0.499. The minimum absolute atomic E-state index is 0.00282. The Hall–Kier alpha value is -2.02. The van der Waals surface area contributed by atoms with E-state index in [4.69, 9.17) is 4.98 Å². The number of carbonyl (C=O) groups excluding carboxylic acids is 2. The van der Waals surface area contributed by atoms with E-state index in [2.05, 4.69) is 16.8 Å². The average molecular weight is 386 g/mol. The lowest BCUT2D eigenvalue weighted by molar-refractivity contribution is -0.134. The van der Waals surface area contributed by atoms with E-state index in [0.717, 1.165) is 49.4 Å². The molecule has 3 aliphatic rings. The fourth-order valence-corrected chi connectivity index (χ4v) is 4.78. The molecule has 1 aromatic heterocycles. The quantitative estimate of drug-likeness (QED) is 0.795. The fraction of sp³-hybridized carbons (Fsp3) is 0.714. The molecule has 1 aromatic rings. The van der Waals surface area contributed by atoms with Crippen molar-refractivity contribution >= 4 is 11.8 Å². The number of likely N-dealkylation sites (tertiary alicyclic amines) is 2. The first kappa shape index (κ1) is 19.3. The number of fused-ring (bicyclic) bond motifs is 1. The molecule has 28 heavy (non-hydrogen) atoms. The van der Waals surface area contributed by atoms with Crippen LogP contribution in [0.15, 0.2) is 6.20 Å². The van der Waals surface area contributed by atoms with Gasteiger partial charge in [0, 0.05) is 50.8 Å². The van der Waals surface area contributed by atoms with Crippen molar-refractivity contribution < 1.29 is 9.59 Å². The van der Waals surface area contributed by atoms with Gasteiger partial charge in [0.2, 0.25) is 11.8 Å². The van der Waals surface area contributed by atoms with Crippen LogP contribution in [0.4, 0.5) is 0 Å². The Kier molecular flexibility index (Phi) is 5.62. The molecule has 0 unspecified atom stereocenters. The van der Waals surface area contributed by atoms with Crippen molar-refractivity contribution in [2.24, 2.45) is 0 Å². The molecule has 2 atom stereocenters. The summed E-state index contributed by atoms with van der Waals surface area (Å²) in [7, 11) is 0. The molecule has 0 radical (unpaired) electrons. The normalized spacial score (nSPS) is 25.6. The number of amides is 2. The highest BCUT2D eigenvalue weighted by molar-refractivity contribution is 5.78. The van der Waals surface area contributed by atoms with Gasteiger partial charge >= 0.3 is 0 Å². The molecule has 0 saturated carbocycles. The molecule has 2 saturated heterocycles. The Morgan fingerprint density at radius 1 is 1.14 bits per heavy atom. The van der Waals surface area contributed by atoms with Gasteiger partial charge in [0.05, 0.1) is 18.3 Å². The maximum absolute atomic E-state index is 12.8. The highest BCUT2D eigenvalue weighted by Crippen LogP contribution is 2.30. The highest BCUT2D eigenvalue weighted by atomic mass is 16.2. The van der Waals surface area contributed by atoms with Crippen molar-refractivity contribution in [1.82, 2.24) is 24.7 Å². The van der Waals surface area contributed by atoms with Crippen LogP contribution in [0, 0.1) is 0 Å². The van der Waals surface area contributed by atoms with Crippen LogP contribution >= 0.6 is 0 Å². The van der Waals surface area contributed by atoms with E-state index in [9.17, 15) is 9.59 Å².